The molecule has 0 radical (unpaired) electrons. The molecule has 0 fully saturated rings. The summed E-state index contributed by atoms with van der Waals surface area (Å²) in [5.41, 5.74) is 6.40. The van der Waals surface area contributed by atoms with Gasteiger partial charge in [-0.2, -0.15) is 0 Å². The van der Waals surface area contributed by atoms with Gasteiger partial charge in [-0.3, -0.25) is 9.59 Å². The molecule has 5 heteroatoms. The lowest BCUT2D eigenvalue weighted by atomic mass is 10.1. The van der Waals surface area contributed by atoms with Crippen LogP contribution in [0.2, 0.25) is 0 Å². The molecule has 0 saturated carbocycles. The fourth-order valence-corrected chi connectivity index (χ4v) is 4.57. The van der Waals surface area contributed by atoms with Gasteiger partial charge in [0.2, 0.25) is 5.91 Å². The minimum Gasteiger partial charge on any atom is -0.353 e. The normalized spacial score (nSPS) is 11.7. The number of nitrogens with one attached hydrogen (secondary N) is 2. The zero-order valence-electron chi connectivity index (χ0n) is 17.1. The van der Waals surface area contributed by atoms with Crippen molar-refractivity contribution < 1.29 is 9.59 Å². The molecule has 2 N–H and O–H groups in total. The lowest BCUT2D eigenvalue weighted by Gasteiger charge is -2.12. The van der Waals surface area contributed by atoms with E-state index in [1.807, 2.05) is 38.1 Å². The third-order valence-corrected chi connectivity index (χ3v) is 6.07. The lowest BCUT2D eigenvalue weighted by Crippen LogP contribution is -2.31. The number of benzene rings is 3. The van der Waals surface area contributed by atoms with Crippen molar-refractivity contribution in [3.8, 4) is 11.1 Å². The van der Waals surface area contributed by atoms with E-state index in [0.29, 0.717) is 5.56 Å². The second-order valence-electron chi connectivity index (χ2n) is 7.67. The van der Waals surface area contributed by atoms with Crippen LogP contribution in [0.5, 0.6) is 0 Å². The van der Waals surface area contributed by atoms with E-state index in [9.17, 15) is 9.59 Å². The van der Waals surface area contributed by atoms with Crippen LogP contribution in [0.1, 0.15) is 35.3 Å². The van der Waals surface area contributed by atoms with Crippen LogP contribution < -0.4 is 10.6 Å². The molecule has 4 nitrogen and oxygen atoms in total. The highest BCUT2D eigenvalue weighted by Crippen LogP contribution is 2.37. The molecule has 0 aromatic heterocycles. The third-order valence-electron chi connectivity index (χ3n) is 4.99. The number of carbonyl (C=O) groups excluding carboxylic acids is 2. The molecule has 0 unspecified atom stereocenters. The highest BCUT2D eigenvalue weighted by Gasteiger charge is 2.19. The summed E-state index contributed by atoms with van der Waals surface area (Å²) in [4.78, 5) is 25.7. The van der Waals surface area contributed by atoms with Crippen LogP contribution in [0.4, 0.5) is 5.69 Å². The number of carbonyl (C=O) groups is 2. The maximum atomic E-state index is 13.0. The Morgan fingerprint density at radius 2 is 1.67 bits per heavy atom. The Bertz CT molecular complexity index is 1110. The first-order chi connectivity index (χ1) is 14.5. The van der Waals surface area contributed by atoms with Gasteiger partial charge in [0.1, 0.15) is 0 Å². The van der Waals surface area contributed by atoms with E-state index < -0.39 is 0 Å². The molecule has 1 aliphatic rings. The Morgan fingerprint density at radius 1 is 0.933 bits per heavy atom. The molecule has 4 rings (SSSR count). The quantitative estimate of drug-likeness (QED) is 0.429. The second-order valence-corrected chi connectivity index (χ2v) is 8.68. The van der Waals surface area contributed by atoms with Crippen molar-refractivity contribution in [1.82, 2.24) is 5.32 Å². The smallest absolute Gasteiger partial charge is 0.256 e. The van der Waals surface area contributed by atoms with E-state index >= 15 is 0 Å². The average molecular weight is 417 g/mol. The van der Waals surface area contributed by atoms with Crippen LogP contribution in [0.25, 0.3) is 11.1 Å². The topological polar surface area (TPSA) is 58.2 Å². The highest BCUT2D eigenvalue weighted by atomic mass is 32.2. The number of amides is 2. The molecule has 0 bridgehead atoms. The third kappa shape index (κ3) is 4.41. The van der Waals surface area contributed by atoms with E-state index in [-0.39, 0.29) is 23.6 Å². The average Bonchev–Trinajstić information content (AvgIpc) is 3.09. The summed E-state index contributed by atoms with van der Waals surface area (Å²) in [5.74, 6) is 0.0702. The van der Waals surface area contributed by atoms with Crippen molar-refractivity contribution >= 4 is 29.3 Å². The molecule has 3 aromatic rings. The Labute approximate surface area is 181 Å². The Hall–Kier alpha value is -3.05. The van der Waals surface area contributed by atoms with E-state index in [2.05, 4.69) is 47.0 Å². The molecular formula is C25H24N2O2S. The van der Waals surface area contributed by atoms with Gasteiger partial charge in [-0.15, -0.1) is 11.8 Å². The van der Waals surface area contributed by atoms with Gasteiger partial charge in [-0.25, -0.2) is 0 Å². The number of rotatable bonds is 6. The summed E-state index contributed by atoms with van der Waals surface area (Å²) >= 11 is 1.37. The Morgan fingerprint density at radius 3 is 2.50 bits per heavy atom. The van der Waals surface area contributed by atoms with Gasteiger partial charge in [0.25, 0.3) is 5.91 Å². The molecule has 152 valence electrons. The SMILES string of the molecule is CC(C)NC(=O)CSc1ccccc1C(=O)Nc1ccc2c(c1)Cc1ccccc1-2. The van der Waals surface area contributed by atoms with Crippen molar-refractivity contribution in [2.45, 2.75) is 31.2 Å². The molecule has 0 atom stereocenters. The molecule has 0 saturated heterocycles. The summed E-state index contributed by atoms with van der Waals surface area (Å²) in [7, 11) is 0. The predicted molar refractivity (Wildman–Crippen MR) is 123 cm³/mol. The molecule has 30 heavy (non-hydrogen) atoms. The monoisotopic (exact) mass is 416 g/mol. The van der Waals surface area contributed by atoms with Crippen LogP contribution in [0.15, 0.2) is 71.6 Å². The van der Waals surface area contributed by atoms with Crippen molar-refractivity contribution in [1.29, 1.82) is 0 Å². The molecule has 2 amide bonds. The van der Waals surface area contributed by atoms with E-state index in [4.69, 9.17) is 0 Å². The Balaban J connectivity index is 1.47. The van der Waals surface area contributed by atoms with Crippen molar-refractivity contribution in [3.63, 3.8) is 0 Å². The largest absolute Gasteiger partial charge is 0.353 e. The van der Waals surface area contributed by atoms with Gasteiger partial charge >= 0.3 is 0 Å². The first-order valence-corrected chi connectivity index (χ1v) is 11.0. The van der Waals surface area contributed by atoms with Crippen LogP contribution in [0.3, 0.4) is 0 Å². The van der Waals surface area contributed by atoms with Crippen molar-refractivity contribution in [3.05, 3.63) is 83.4 Å². The van der Waals surface area contributed by atoms with Crippen molar-refractivity contribution in [2.75, 3.05) is 11.1 Å². The Kier molecular flexibility index (Phi) is 5.91. The van der Waals surface area contributed by atoms with Gasteiger partial charge in [-0.1, -0.05) is 42.5 Å². The summed E-state index contributed by atoms with van der Waals surface area (Å²) in [5, 5.41) is 5.89. The maximum absolute atomic E-state index is 13.0. The summed E-state index contributed by atoms with van der Waals surface area (Å²) in [6, 6.07) is 22.0. The van der Waals surface area contributed by atoms with Gasteiger partial charge in [-0.05, 0) is 66.8 Å². The summed E-state index contributed by atoms with van der Waals surface area (Å²) in [6.07, 6.45) is 0.882. The van der Waals surface area contributed by atoms with E-state index in [1.54, 1.807) is 6.07 Å². The number of hydrogen-bond donors (Lipinski definition) is 2. The first kappa shape index (κ1) is 20.2. The van der Waals surface area contributed by atoms with Gasteiger partial charge in [0, 0.05) is 16.6 Å². The molecular weight excluding hydrogens is 392 g/mol. The maximum Gasteiger partial charge on any atom is 0.256 e. The summed E-state index contributed by atoms with van der Waals surface area (Å²) < 4.78 is 0. The predicted octanol–water partition coefficient (Wildman–Crippen LogP) is 5.13. The van der Waals surface area contributed by atoms with Gasteiger partial charge in [0.15, 0.2) is 0 Å². The number of anilines is 1. The van der Waals surface area contributed by atoms with Crippen molar-refractivity contribution in [2.24, 2.45) is 0 Å². The van der Waals surface area contributed by atoms with Gasteiger partial charge < -0.3 is 10.6 Å². The van der Waals surface area contributed by atoms with E-state index in [1.165, 1.54) is 34.0 Å². The fraction of sp³-hybridized carbons (Fsp3) is 0.200. The highest BCUT2D eigenvalue weighted by molar-refractivity contribution is 8.00. The zero-order valence-corrected chi connectivity index (χ0v) is 17.9. The zero-order chi connectivity index (χ0) is 21.1. The summed E-state index contributed by atoms with van der Waals surface area (Å²) in [6.45, 7) is 3.86. The van der Waals surface area contributed by atoms with Crippen LogP contribution >= 0.6 is 11.8 Å². The van der Waals surface area contributed by atoms with E-state index in [0.717, 1.165) is 17.0 Å². The first-order valence-electron chi connectivity index (χ1n) is 10.0. The molecule has 0 heterocycles. The van der Waals surface area contributed by atoms with Crippen LogP contribution in [0, 0.1) is 0 Å². The number of hydrogen-bond acceptors (Lipinski definition) is 3. The number of thioether (sulfide) groups is 1. The molecule has 0 aliphatic heterocycles. The van der Waals surface area contributed by atoms with Crippen LogP contribution in [-0.2, 0) is 11.2 Å². The fourth-order valence-electron chi connectivity index (χ4n) is 3.71. The van der Waals surface area contributed by atoms with Crippen LogP contribution in [-0.4, -0.2) is 23.6 Å². The standard InChI is InChI=1S/C25H24N2O2S/c1-16(2)26-24(28)15-30-23-10-6-5-9-22(23)25(29)27-19-11-12-21-18(14-19)13-17-7-3-4-8-20(17)21/h3-12,14,16H,13,15H2,1-2H3,(H,26,28)(H,27,29). The second kappa shape index (κ2) is 8.76. The number of fused-ring (bicyclic) bond motifs is 3. The molecule has 3 aromatic carbocycles. The minimum absolute atomic E-state index is 0.0385. The molecule has 0 spiro atoms. The molecule has 1 aliphatic carbocycles. The minimum atomic E-state index is -0.169. The lowest BCUT2D eigenvalue weighted by molar-refractivity contribution is -0.119. The van der Waals surface area contributed by atoms with Gasteiger partial charge in [0.05, 0.1) is 11.3 Å².